The number of benzene rings is 1. The van der Waals surface area contributed by atoms with E-state index in [1.54, 1.807) is 12.1 Å². The third-order valence-electron chi connectivity index (χ3n) is 2.38. The van der Waals surface area contributed by atoms with Gasteiger partial charge in [0.05, 0.1) is 0 Å². The number of aromatic nitrogens is 1. The Hall–Kier alpha value is -2.10. The van der Waals surface area contributed by atoms with E-state index >= 15 is 0 Å². The summed E-state index contributed by atoms with van der Waals surface area (Å²) >= 11 is 0. The van der Waals surface area contributed by atoms with E-state index in [4.69, 9.17) is 0 Å². The second-order valence-electron chi connectivity index (χ2n) is 3.54. The van der Waals surface area contributed by atoms with Gasteiger partial charge >= 0.3 is 0 Å². The first-order chi connectivity index (χ1) is 8.18. The van der Waals surface area contributed by atoms with Crippen LogP contribution in [0.3, 0.4) is 0 Å². The fraction of sp³-hybridized carbons (Fsp3) is 0.0769. The lowest BCUT2D eigenvalue weighted by atomic mass is 10.0. The van der Waals surface area contributed by atoms with Crippen molar-refractivity contribution >= 4 is 5.78 Å². The summed E-state index contributed by atoms with van der Waals surface area (Å²) in [7, 11) is 0. The number of carbonyl (C=O) groups is 1. The SMILES string of the molecule is O=C(Cc1c(F)cccc1F)c1cccnc1. The van der Waals surface area contributed by atoms with Crippen LogP contribution in [0.2, 0.25) is 0 Å². The molecular formula is C13H9F2NO. The highest BCUT2D eigenvalue weighted by Crippen LogP contribution is 2.14. The molecule has 1 aromatic carbocycles. The average molecular weight is 233 g/mol. The van der Waals surface area contributed by atoms with Crippen LogP contribution in [0.25, 0.3) is 0 Å². The second kappa shape index (κ2) is 4.82. The summed E-state index contributed by atoms with van der Waals surface area (Å²) in [6, 6.07) is 6.70. The van der Waals surface area contributed by atoms with Gasteiger partial charge in [0, 0.05) is 29.9 Å². The third-order valence-corrected chi connectivity index (χ3v) is 2.38. The van der Waals surface area contributed by atoms with Crippen LogP contribution in [0.5, 0.6) is 0 Å². The first kappa shape index (κ1) is 11.4. The molecule has 0 aliphatic carbocycles. The van der Waals surface area contributed by atoms with E-state index in [2.05, 4.69) is 4.98 Å². The molecule has 0 unspecified atom stereocenters. The number of nitrogens with zero attached hydrogens (tertiary/aromatic N) is 1. The quantitative estimate of drug-likeness (QED) is 0.763. The molecule has 0 spiro atoms. The number of pyridine rings is 1. The van der Waals surface area contributed by atoms with Gasteiger partial charge in [-0.2, -0.15) is 0 Å². The molecule has 0 saturated heterocycles. The Labute approximate surface area is 96.9 Å². The maximum absolute atomic E-state index is 13.3. The van der Waals surface area contributed by atoms with Crippen molar-refractivity contribution in [2.75, 3.05) is 0 Å². The molecule has 0 fully saturated rings. The highest BCUT2D eigenvalue weighted by Gasteiger charge is 2.14. The fourth-order valence-corrected chi connectivity index (χ4v) is 1.49. The van der Waals surface area contributed by atoms with Gasteiger partial charge in [0.2, 0.25) is 0 Å². The smallest absolute Gasteiger partial charge is 0.169 e. The number of hydrogen-bond donors (Lipinski definition) is 0. The van der Waals surface area contributed by atoms with Crippen LogP contribution in [0.4, 0.5) is 8.78 Å². The summed E-state index contributed by atoms with van der Waals surface area (Å²) in [6.45, 7) is 0. The lowest BCUT2D eigenvalue weighted by Crippen LogP contribution is -2.07. The maximum atomic E-state index is 13.3. The molecule has 0 amide bonds. The van der Waals surface area contributed by atoms with Gasteiger partial charge in [-0.05, 0) is 24.3 Å². The molecule has 0 aliphatic rings. The van der Waals surface area contributed by atoms with Crippen LogP contribution in [-0.4, -0.2) is 10.8 Å². The normalized spacial score (nSPS) is 10.2. The molecule has 2 rings (SSSR count). The van der Waals surface area contributed by atoms with Crippen LogP contribution in [-0.2, 0) is 6.42 Å². The Morgan fingerprint density at radius 3 is 2.41 bits per heavy atom. The maximum Gasteiger partial charge on any atom is 0.169 e. The molecule has 0 N–H and O–H groups in total. The van der Waals surface area contributed by atoms with E-state index < -0.39 is 11.6 Å². The van der Waals surface area contributed by atoms with Crippen molar-refractivity contribution < 1.29 is 13.6 Å². The molecule has 86 valence electrons. The summed E-state index contributed by atoms with van der Waals surface area (Å²) in [5, 5.41) is 0. The average Bonchev–Trinajstić information content (AvgIpc) is 2.35. The van der Waals surface area contributed by atoms with Crippen molar-refractivity contribution in [3.05, 3.63) is 65.5 Å². The van der Waals surface area contributed by atoms with Crippen molar-refractivity contribution in [3.8, 4) is 0 Å². The van der Waals surface area contributed by atoms with E-state index in [0.717, 1.165) is 12.1 Å². The molecule has 4 heteroatoms. The first-order valence-electron chi connectivity index (χ1n) is 5.04. The third kappa shape index (κ3) is 2.53. The molecule has 0 bridgehead atoms. The summed E-state index contributed by atoms with van der Waals surface area (Å²) < 4.78 is 26.6. The number of Topliss-reactive ketones (excluding diaryl/α,β-unsaturated/α-hetero) is 1. The van der Waals surface area contributed by atoms with E-state index in [9.17, 15) is 13.6 Å². The molecule has 2 nitrogen and oxygen atoms in total. The van der Waals surface area contributed by atoms with E-state index in [1.807, 2.05) is 0 Å². The highest BCUT2D eigenvalue weighted by molar-refractivity contribution is 5.97. The van der Waals surface area contributed by atoms with Gasteiger partial charge in [-0.25, -0.2) is 8.78 Å². The summed E-state index contributed by atoms with van der Waals surface area (Å²) in [4.78, 5) is 15.5. The lowest BCUT2D eigenvalue weighted by Gasteiger charge is -2.03. The fourth-order valence-electron chi connectivity index (χ4n) is 1.49. The Kier molecular flexibility index (Phi) is 3.23. The van der Waals surface area contributed by atoms with Crippen LogP contribution in [0.1, 0.15) is 15.9 Å². The van der Waals surface area contributed by atoms with E-state index in [0.29, 0.717) is 5.56 Å². The molecule has 1 aromatic heterocycles. The van der Waals surface area contributed by atoms with Crippen molar-refractivity contribution in [2.24, 2.45) is 0 Å². The van der Waals surface area contributed by atoms with Gasteiger partial charge in [0.15, 0.2) is 5.78 Å². The van der Waals surface area contributed by atoms with E-state index in [-0.39, 0.29) is 17.8 Å². The van der Waals surface area contributed by atoms with Crippen molar-refractivity contribution in [3.63, 3.8) is 0 Å². The van der Waals surface area contributed by atoms with Gasteiger partial charge in [-0.1, -0.05) is 6.07 Å². The number of ketones is 1. The highest BCUT2D eigenvalue weighted by atomic mass is 19.1. The number of halogens is 2. The zero-order chi connectivity index (χ0) is 12.3. The summed E-state index contributed by atoms with van der Waals surface area (Å²) in [6.07, 6.45) is 2.60. The standard InChI is InChI=1S/C13H9F2NO/c14-11-4-1-5-12(15)10(11)7-13(17)9-3-2-6-16-8-9/h1-6,8H,7H2. The lowest BCUT2D eigenvalue weighted by molar-refractivity contribution is 0.0990. The zero-order valence-electron chi connectivity index (χ0n) is 8.86. The summed E-state index contributed by atoms with van der Waals surface area (Å²) in [5.74, 6) is -1.77. The number of rotatable bonds is 3. The van der Waals surface area contributed by atoms with Crippen LogP contribution >= 0.6 is 0 Å². The Morgan fingerprint density at radius 2 is 1.82 bits per heavy atom. The molecule has 2 aromatic rings. The molecule has 0 aliphatic heterocycles. The monoisotopic (exact) mass is 233 g/mol. The Bertz CT molecular complexity index is 520. The van der Waals surface area contributed by atoms with Gasteiger partial charge in [0.1, 0.15) is 11.6 Å². The molecule has 0 saturated carbocycles. The Balaban J connectivity index is 2.25. The minimum Gasteiger partial charge on any atom is -0.294 e. The van der Waals surface area contributed by atoms with Crippen molar-refractivity contribution in [1.82, 2.24) is 4.98 Å². The van der Waals surface area contributed by atoms with Crippen molar-refractivity contribution in [1.29, 1.82) is 0 Å². The molecule has 0 atom stereocenters. The van der Waals surface area contributed by atoms with Crippen molar-refractivity contribution in [2.45, 2.75) is 6.42 Å². The predicted octanol–water partition coefficient (Wildman–Crippen LogP) is 2.79. The predicted molar refractivity (Wildman–Crippen MR) is 58.6 cm³/mol. The number of hydrogen-bond acceptors (Lipinski definition) is 2. The zero-order valence-corrected chi connectivity index (χ0v) is 8.86. The van der Waals surface area contributed by atoms with Crippen LogP contribution in [0.15, 0.2) is 42.7 Å². The minimum absolute atomic E-state index is 0.207. The molecule has 0 radical (unpaired) electrons. The van der Waals surface area contributed by atoms with Crippen LogP contribution in [0, 0.1) is 11.6 Å². The van der Waals surface area contributed by atoms with Crippen LogP contribution < -0.4 is 0 Å². The largest absolute Gasteiger partial charge is 0.294 e. The van der Waals surface area contributed by atoms with Gasteiger partial charge in [0.25, 0.3) is 0 Å². The second-order valence-corrected chi connectivity index (χ2v) is 3.54. The Morgan fingerprint density at radius 1 is 1.12 bits per heavy atom. The number of carbonyl (C=O) groups excluding carboxylic acids is 1. The van der Waals surface area contributed by atoms with Gasteiger partial charge < -0.3 is 0 Å². The first-order valence-corrected chi connectivity index (χ1v) is 5.04. The minimum atomic E-state index is -0.706. The molecule has 1 heterocycles. The topological polar surface area (TPSA) is 30.0 Å². The summed E-state index contributed by atoms with van der Waals surface area (Å²) in [5.41, 5.74) is 0.136. The molecular weight excluding hydrogens is 224 g/mol. The van der Waals surface area contributed by atoms with E-state index in [1.165, 1.54) is 18.5 Å². The van der Waals surface area contributed by atoms with Gasteiger partial charge in [-0.3, -0.25) is 9.78 Å². The molecule has 17 heavy (non-hydrogen) atoms. The van der Waals surface area contributed by atoms with Gasteiger partial charge in [-0.15, -0.1) is 0 Å².